The summed E-state index contributed by atoms with van der Waals surface area (Å²) in [5, 5.41) is 14.6. The third-order valence-corrected chi connectivity index (χ3v) is 3.21. The SMILES string of the molecule is Nc1cc(F)c(NCCCC(=O)NC2CC2)cc1C(=O)O. The summed E-state index contributed by atoms with van der Waals surface area (Å²) in [6.07, 6.45) is 2.97. The Morgan fingerprint density at radius 2 is 2.10 bits per heavy atom. The van der Waals surface area contributed by atoms with Crippen molar-refractivity contribution in [1.29, 1.82) is 0 Å². The summed E-state index contributed by atoms with van der Waals surface area (Å²) in [6, 6.07) is 2.47. The lowest BCUT2D eigenvalue weighted by Crippen LogP contribution is -2.25. The molecule has 0 spiro atoms. The molecule has 0 bridgehead atoms. The van der Waals surface area contributed by atoms with E-state index in [0.717, 1.165) is 25.0 Å². The number of nitrogen functional groups attached to an aromatic ring is 1. The number of rotatable bonds is 7. The summed E-state index contributed by atoms with van der Waals surface area (Å²) >= 11 is 0. The Hall–Kier alpha value is -2.31. The van der Waals surface area contributed by atoms with Crippen LogP contribution in [0.1, 0.15) is 36.0 Å². The number of nitrogens with one attached hydrogen (secondary N) is 2. The minimum Gasteiger partial charge on any atom is -0.478 e. The van der Waals surface area contributed by atoms with E-state index < -0.39 is 11.8 Å². The molecule has 2 rings (SSSR count). The molecule has 7 heteroatoms. The summed E-state index contributed by atoms with van der Waals surface area (Å²) in [5.74, 6) is -1.83. The van der Waals surface area contributed by atoms with E-state index in [9.17, 15) is 14.0 Å². The minimum atomic E-state index is -1.21. The molecule has 21 heavy (non-hydrogen) atoms. The largest absolute Gasteiger partial charge is 0.478 e. The van der Waals surface area contributed by atoms with Gasteiger partial charge in [-0.2, -0.15) is 0 Å². The van der Waals surface area contributed by atoms with Crippen molar-refractivity contribution in [3.8, 4) is 0 Å². The molecule has 0 heterocycles. The van der Waals surface area contributed by atoms with Gasteiger partial charge in [0.05, 0.1) is 11.3 Å². The number of halogens is 1. The van der Waals surface area contributed by atoms with Gasteiger partial charge in [-0.25, -0.2) is 9.18 Å². The van der Waals surface area contributed by atoms with Crippen LogP contribution in [0.15, 0.2) is 12.1 Å². The third-order valence-electron chi connectivity index (χ3n) is 3.21. The van der Waals surface area contributed by atoms with E-state index in [1.54, 1.807) is 0 Å². The third kappa shape index (κ3) is 4.34. The molecule has 0 atom stereocenters. The van der Waals surface area contributed by atoms with Crippen molar-refractivity contribution in [2.45, 2.75) is 31.7 Å². The van der Waals surface area contributed by atoms with Gasteiger partial charge >= 0.3 is 5.97 Å². The van der Waals surface area contributed by atoms with Crippen molar-refractivity contribution in [2.75, 3.05) is 17.6 Å². The molecule has 114 valence electrons. The van der Waals surface area contributed by atoms with E-state index in [4.69, 9.17) is 10.8 Å². The Kier molecular flexibility index (Phi) is 4.62. The van der Waals surface area contributed by atoms with Crippen LogP contribution in [0.3, 0.4) is 0 Å². The van der Waals surface area contributed by atoms with Crippen LogP contribution in [-0.4, -0.2) is 29.6 Å². The molecule has 1 fully saturated rings. The lowest BCUT2D eigenvalue weighted by atomic mass is 10.1. The molecule has 1 aliphatic rings. The highest BCUT2D eigenvalue weighted by molar-refractivity contribution is 5.94. The lowest BCUT2D eigenvalue weighted by molar-refractivity contribution is -0.121. The van der Waals surface area contributed by atoms with Gasteiger partial charge < -0.3 is 21.5 Å². The van der Waals surface area contributed by atoms with Crippen LogP contribution in [0.4, 0.5) is 15.8 Å². The Morgan fingerprint density at radius 1 is 1.38 bits per heavy atom. The van der Waals surface area contributed by atoms with Crippen molar-refractivity contribution in [1.82, 2.24) is 5.32 Å². The lowest BCUT2D eigenvalue weighted by Gasteiger charge is -2.10. The summed E-state index contributed by atoms with van der Waals surface area (Å²) in [7, 11) is 0. The number of nitrogens with two attached hydrogens (primary N) is 1. The maximum Gasteiger partial charge on any atom is 0.337 e. The molecule has 6 nitrogen and oxygen atoms in total. The molecule has 1 amide bonds. The molecule has 0 saturated heterocycles. The first kappa shape index (κ1) is 15.1. The fraction of sp³-hybridized carbons (Fsp3) is 0.429. The Morgan fingerprint density at radius 3 is 2.71 bits per heavy atom. The smallest absolute Gasteiger partial charge is 0.337 e. The minimum absolute atomic E-state index is 0.0108. The summed E-state index contributed by atoms with van der Waals surface area (Å²) < 4.78 is 13.6. The summed E-state index contributed by atoms with van der Waals surface area (Å²) in [5.41, 5.74) is 5.25. The number of carboxylic acids is 1. The highest BCUT2D eigenvalue weighted by atomic mass is 19.1. The van der Waals surface area contributed by atoms with Gasteiger partial charge in [-0.3, -0.25) is 4.79 Å². The normalized spacial score (nSPS) is 13.8. The van der Waals surface area contributed by atoms with E-state index in [2.05, 4.69) is 10.6 Å². The van der Waals surface area contributed by atoms with Gasteiger partial charge in [-0.05, 0) is 31.4 Å². The number of carbonyl (C=O) groups excluding carboxylic acids is 1. The first-order chi connectivity index (χ1) is 9.97. The second kappa shape index (κ2) is 6.43. The first-order valence-corrected chi connectivity index (χ1v) is 6.83. The second-order valence-corrected chi connectivity index (χ2v) is 5.10. The number of aromatic carboxylic acids is 1. The summed E-state index contributed by atoms with van der Waals surface area (Å²) in [4.78, 5) is 22.4. The fourth-order valence-electron chi connectivity index (χ4n) is 1.91. The van der Waals surface area contributed by atoms with Crippen LogP contribution >= 0.6 is 0 Å². The van der Waals surface area contributed by atoms with Crippen LogP contribution in [0.5, 0.6) is 0 Å². The topological polar surface area (TPSA) is 104 Å². The van der Waals surface area contributed by atoms with Crippen molar-refractivity contribution < 1.29 is 19.1 Å². The monoisotopic (exact) mass is 295 g/mol. The van der Waals surface area contributed by atoms with Gasteiger partial charge in [0.25, 0.3) is 0 Å². The maximum atomic E-state index is 13.6. The van der Waals surface area contributed by atoms with E-state index in [1.807, 2.05) is 0 Å². The van der Waals surface area contributed by atoms with Crippen molar-refractivity contribution in [2.24, 2.45) is 0 Å². The van der Waals surface area contributed by atoms with Crippen molar-refractivity contribution in [3.05, 3.63) is 23.5 Å². The molecule has 0 radical (unpaired) electrons. The highest BCUT2D eigenvalue weighted by Gasteiger charge is 2.22. The number of carbonyl (C=O) groups is 2. The van der Waals surface area contributed by atoms with Gasteiger partial charge in [0.15, 0.2) is 0 Å². The molecule has 5 N–H and O–H groups in total. The van der Waals surface area contributed by atoms with Crippen LogP contribution in [-0.2, 0) is 4.79 Å². The van der Waals surface area contributed by atoms with Crippen LogP contribution in [0, 0.1) is 5.82 Å². The molecule has 0 aliphatic heterocycles. The quantitative estimate of drug-likeness (QED) is 0.451. The Bertz CT molecular complexity index is 559. The molecule has 1 aromatic rings. The molecular weight excluding hydrogens is 277 g/mol. The first-order valence-electron chi connectivity index (χ1n) is 6.83. The molecule has 1 saturated carbocycles. The van der Waals surface area contributed by atoms with Crippen molar-refractivity contribution >= 4 is 23.3 Å². The number of hydrogen-bond acceptors (Lipinski definition) is 4. The Labute approximate surface area is 121 Å². The zero-order valence-electron chi connectivity index (χ0n) is 11.5. The highest BCUT2D eigenvalue weighted by Crippen LogP contribution is 2.22. The van der Waals surface area contributed by atoms with Crippen LogP contribution in [0.2, 0.25) is 0 Å². The zero-order valence-corrected chi connectivity index (χ0v) is 11.5. The van der Waals surface area contributed by atoms with Crippen LogP contribution < -0.4 is 16.4 Å². The van der Waals surface area contributed by atoms with E-state index in [0.29, 0.717) is 25.4 Å². The number of benzene rings is 1. The molecular formula is C14H18FN3O3. The second-order valence-electron chi connectivity index (χ2n) is 5.10. The van der Waals surface area contributed by atoms with Gasteiger partial charge in [-0.15, -0.1) is 0 Å². The van der Waals surface area contributed by atoms with Gasteiger partial charge in [0.2, 0.25) is 5.91 Å². The number of amides is 1. The number of anilines is 2. The average Bonchev–Trinajstić information content (AvgIpc) is 3.20. The predicted molar refractivity (Wildman–Crippen MR) is 76.7 cm³/mol. The summed E-state index contributed by atoms with van der Waals surface area (Å²) in [6.45, 7) is 0.373. The average molecular weight is 295 g/mol. The van der Waals surface area contributed by atoms with E-state index in [1.165, 1.54) is 0 Å². The molecule has 0 unspecified atom stereocenters. The predicted octanol–water partition coefficient (Wildman–Crippen LogP) is 1.58. The van der Waals surface area contributed by atoms with E-state index in [-0.39, 0.29) is 22.8 Å². The van der Waals surface area contributed by atoms with Crippen LogP contribution in [0.25, 0.3) is 0 Å². The maximum absolute atomic E-state index is 13.6. The molecule has 1 aliphatic carbocycles. The number of hydrogen-bond donors (Lipinski definition) is 4. The molecule has 1 aromatic carbocycles. The van der Waals surface area contributed by atoms with Gasteiger partial charge in [0, 0.05) is 24.7 Å². The standard InChI is InChI=1S/C14H18FN3O3/c15-10-7-11(16)9(14(20)21)6-12(10)17-5-1-2-13(19)18-8-3-4-8/h6-8,17H,1-5,16H2,(H,18,19)(H,20,21). The van der Waals surface area contributed by atoms with Gasteiger partial charge in [-0.1, -0.05) is 0 Å². The fourth-order valence-corrected chi connectivity index (χ4v) is 1.91. The zero-order chi connectivity index (χ0) is 15.4. The van der Waals surface area contributed by atoms with Crippen molar-refractivity contribution in [3.63, 3.8) is 0 Å². The molecule has 0 aromatic heterocycles. The number of carboxylic acid groups (broad SMARTS) is 1. The van der Waals surface area contributed by atoms with E-state index >= 15 is 0 Å². The Balaban J connectivity index is 1.83. The van der Waals surface area contributed by atoms with Gasteiger partial charge in [0.1, 0.15) is 5.82 Å².